The average molecular weight is 209 g/mol. The lowest BCUT2D eigenvalue weighted by Gasteiger charge is -1.99. The van der Waals surface area contributed by atoms with Gasteiger partial charge in [-0.25, -0.2) is 0 Å². The first kappa shape index (κ1) is 11.5. The van der Waals surface area contributed by atoms with Crippen molar-refractivity contribution in [2.24, 2.45) is 0 Å². The van der Waals surface area contributed by atoms with Gasteiger partial charge in [0.2, 0.25) is 6.04 Å². The van der Waals surface area contributed by atoms with Gasteiger partial charge in [0.25, 0.3) is 0 Å². The summed E-state index contributed by atoms with van der Waals surface area (Å²) in [6.45, 7) is 5.52. The highest BCUT2D eigenvalue weighted by molar-refractivity contribution is 5.46. The molecule has 0 saturated carbocycles. The SMILES string of the molecule is CC(C)=Cc1ccc(CC(C)[N+](=O)[O-])o1. The van der Waals surface area contributed by atoms with Crippen LogP contribution in [-0.4, -0.2) is 11.0 Å². The van der Waals surface area contributed by atoms with E-state index in [1.807, 2.05) is 26.0 Å². The van der Waals surface area contributed by atoms with Crippen molar-refractivity contribution < 1.29 is 9.34 Å². The molecule has 0 aliphatic carbocycles. The molecule has 15 heavy (non-hydrogen) atoms. The molecule has 1 aromatic heterocycles. The van der Waals surface area contributed by atoms with Crippen molar-refractivity contribution in [2.45, 2.75) is 33.2 Å². The van der Waals surface area contributed by atoms with E-state index < -0.39 is 6.04 Å². The highest BCUT2D eigenvalue weighted by Crippen LogP contribution is 2.13. The molecule has 1 heterocycles. The second kappa shape index (κ2) is 4.77. The number of nitro groups is 1. The Balaban J connectivity index is 2.69. The molecule has 0 aliphatic rings. The van der Waals surface area contributed by atoms with E-state index in [-0.39, 0.29) is 4.92 Å². The van der Waals surface area contributed by atoms with Crippen molar-refractivity contribution in [1.29, 1.82) is 0 Å². The molecular formula is C11H15NO3. The molecule has 0 radical (unpaired) electrons. The van der Waals surface area contributed by atoms with Crippen LogP contribution in [0.3, 0.4) is 0 Å². The first-order valence-electron chi connectivity index (χ1n) is 4.86. The Morgan fingerprint density at radius 1 is 1.60 bits per heavy atom. The fraction of sp³-hybridized carbons (Fsp3) is 0.455. The van der Waals surface area contributed by atoms with E-state index in [9.17, 15) is 10.1 Å². The van der Waals surface area contributed by atoms with E-state index in [1.54, 1.807) is 13.0 Å². The van der Waals surface area contributed by atoms with Crippen LogP contribution in [0, 0.1) is 10.1 Å². The Kier molecular flexibility index (Phi) is 3.66. The van der Waals surface area contributed by atoms with Crippen LogP contribution in [-0.2, 0) is 6.42 Å². The van der Waals surface area contributed by atoms with Crippen molar-refractivity contribution in [3.8, 4) is 0 Å². The molecule has 1 atom stereocenters. The normalized spacial score (nSPS) is 12.2. The van der Waals surface area contributed by atoms with Gasteiger partial charge < -0.3 is 4.42 Å². The topological polar surface area (TPSA) is 56.3 Å². The van der Waals surface area contributed by atoms with E-state index in [0.717, 1.165) is 11.3 Å². The Hall–Kier alpha value is -1.58. The summed E-state index contributed by atoms with van der Waals surface area (Å²) in [5.74, 6) is 1.41. The van der Waals surface area contributed by atoms with Crippen molar-refractivity contribution in [3.05, 3.63) is 39.3 Å². The number of rotatable bonds is 4. The fourth-order valence-electron chi connectivity index (χ4n) is 1.23. The van der Waals surface area contributed by atoms with Crippen LogP contribution in [0.5, 0.6) is 0 Å². The zero-order valence-corrected chi connectivity index (χ0v) is 9.19. The lowest BCUT2D eigenvalue weighted by atomic mass is 10.2. The van der Waals surface area contributed by atoms with E-state index in [4.69, 9.17) is 4.42 Å². The fourth-order valence-corrected chi connectivity index (χ4v) is 1.23. The summed E-state index contributed by atoms with van der Waals surface area (Å²) in [6, 6.07) is 3.01. The molecule has 82 valence electrons. The molecule has 0 amide bonds. The molecule has 0 fully saturated rings. The molecule has 0 aromatic carbocycles. The average Bonchev–Trinajstić information content (AvgIpc) is 2.51. The monoisotopic (exact) mass is 209 g/mol. The Labute approximate surface area is 88.7 Å². The lowest BCUT2D eigenvalue weighted by molar-refractivity contribution is -0.517. The second-order valence-corrected chi connectivity index (χ2v) is 3.86. The van der Waals surface area contributed by atoms with Gasteiger partial charge in [-0.2, -0.15) is 0 Å². The minimum absolute atomic E-state index is 0.302. The molecule has 1 rings (SSSR count). The molecule has 4 heteroatoms. The Morgan fingerprint density at radius 2 is 2.27 bits per heavy atom. The third kappa shape index (κ3) is 3.58. The van der Waals surface area contributed by atoms with E-state index in [1.165, 1.54) is 0 Å². The number of nitrogens with zero attached hydrogens (tertiary/aromatic N) is 1. The number of furan rings is 1. The molecule has 4 nitrogen and oxygen atoms in total. The highest BCUT2D eigenvalue weighted by atomic mass is 16.6. The van der Waals surface area contributed by atoms with Crippen molar-refractivity contribution in [3.63, 3.8) is 0 Å². The van der Waals surface area contributed by atoms with Gasteiger partial charge in [-0.3, -0.25) is 10.1 Å². The van der Waals surface area contributed by atoms with Crippen LogP contribution in [0.2, 0.25) is 0 Å². The van der Waals surface area contributed by atoms with Gasteiger partial charge in [0.1, 0.15) is 11.5 Å². The molecule has 1 unspecified atom stereocenters. The minimum Gasteiger partial charge on any atom is -0.461 e. The third-order valence-electron chi connectivity index (χ3n) is 1.97. The predicted molar refractivity (Wildman–Crippen MR) is 58.2 cm³/mol. The quantitative estimate of drug-likeness (QED) is 0.566. The van der Waals surface area contributed by atoms with Crippen molar-refractivity contribution in [1.82, 2.24) is 0 Å². The first-order valence-corrected chi connectivity index (χ1v) is 4.86. The maximum Gasteiger partial charge on any atom is 0.217 e. The van der Waals surface area contributed by atoms with Gasteiger partial charge in [-0.1, -0.05) is 5.57 Å². The van der Waals surface area contributed by atoms with Crippen LogP contribution < -0.4 is 0 Å². The summed E-state index contributed by atoms with van der Waals surface area (Å²) >= 11 is 0. The van der Waals surface area contributed by atoms with E-state index in [2.05, 4.69) is 0 Å². The minimum atomic E-state index is -0.601. The second-order valence-electron chi connectivity index (χ2n) is 3.86. The smallest absolute Gasteiger partial charge is 0.217 e. The van der Waals surface area contributed by atoms with Gasteiger partial charge in [0.05, 0.1) is 6.42 Å². The Bertz CT molecular complexity index is 375. The summed E-state index contributed by atoms with van der Waals surface area (Å²) in [6.07, 6.45) is 2.24. The van der Waals surface area contributed by atoms with Gasteiger partial charge >= 0.3 is 0 Å². The molecule has 0 spiro atoms. The standard InChI is InChI=1S/C11H15NO3/c1-8(2)6-10-4-5-11(15-10)7-9(3)12(13)14/h4-6,9H,7H2,1-3H3. The van der Waals surface area contributed by atoms with Gasteiger partial charge in [-0.05, 0) is 32.1 Å². The molecule has 0 bridgehead atoms. The summed E-state index contributed by atoms with van der Waals surface area (Å²) in [7, 11) is 0. The number of hydrogen-bond donors (Lipinski definition) is 0. The van der Waals surface area contributed by atoms with Crippen LogP contribution in [0.15, 0.2) is 22.1 Å². The zero-order valence-electron chi connectivity index (χ0n) is 9.19. The van der Waals surface area contributed by atoms with Crippen molar-refractivity contribution in [2.75, 3.05) is 0 Å². The van der Waals surface area contributed by atoms with Crippen LogP contribution in [0.4, 0.5) is 0 Å². The Morgan fingerprint density at radius 3 is 2.80 bits per heavy atom. The number of hydrogen-bond acceptors (Lipinski definition) is 3. The predicted octanol–water partition coefficient (Wildman–Crippen LogP) is 2.91. The third-order valence-corrected chi connectivity index (χ3v) is 1.97. The molecule has 0 saturated heterocycles. The van der Waals surface area contributed by atoms with Gasteiger partial charge in [0.15, 0.2) is 0 Å². The van der Waals surface area contributed by atoms with Gasteiger partial charge in [-0.15, -0.1) is 0 Å². The summed E-state index contributed by atoms with van der Waals surface area (Å²) in [5.41, 5.74) is 1.14. The summed E-state index contributed by atoms with van der Waals surface area (Å²) in [5, 5.41) is 10.4. The maximum atomic E-state index is 10.4. The van der Waals surface area contributed by atoms with Crippen LogP contribution in [0.1, 0.15) is 32.3 Å². The van der Waals surface area contributed by atoms with E-state index in [0.29, 0.717) is 12.2 Å². The first-order chi connectivity index (χ1) is 6.99. The number of allylic oxidation sites excluding steroid dienone is 1. The maximum absolute atomic E-state index is 10.4. The molecular weight excluding hydrogens is 194 g/mol. The zero-order chi connectivity index (χ0) is 11.4. The molecule has 0 N–H and O–H groups in total. The molecule has 1 aromatic rings. The van der Waals surface area contributed by atoms with Crippen LogP contribution >= 0.6 is 0 Å². The van der Waals surface area contributed by atoms with Gasteiger partial charge in [0, 0.05) is 11.8 Å². The van der Waals surface area contributed by atoms with Crippen LogP contribution in [0.25, 0.3) is 6.08 Å². The highest BCUT2D eigenvalue weighted by Gasteiger charge is 2.15. The summed E-state index contributed by atoms with van der Waals surface area (Å²) in [4.78, 5) is 10.1. The molecule has 0 aliphatic heterocycles. The van der Waals surface area contributed by atoms with E-state index >= 15 is 0 Å². The lowest BCUT2D eigenvalue weighted by Crippen LogP contribution is -2.17. The summed E-state index contributed by atoms with van der Waals surface area (Å²) < 4.78 is 5.43. The largest absolute Gasteiger partial charge is 0.461 e. The van der Waals surface area contributed by atoms with Crippen molar-refractivity contribution >= 4 is 6.08 Å².